The number of Topliss-reactive ketones (excluding diaryl/α,β-unsaturated/α-hetero) is 2. The molecule has 0 saturated heterocycles. The lowest BCUT2D eigenvalue weighted by atomic mass is 10.0. The number of benzene rings is 1. The Bertz CT molecular complexity index is 885. The summed E-state index contributed by atoms with van der Waals surface area (Å²) in [6.07, 6.45) is 0. The molecule has 158 valence electrons. The molecule has 3 N–H and O–H groups in total. The third-order valence-corrected chi connectivity index (χ3v) is 5.12. The van der Waals surface area contributed by atoms with Crippen molar-refractivity contribution >= 4 is 11.6 Å². The Morgan fingerprint density at radius 3 is 2.24 bits per heavy atom. The number of H-pyrrole nitrogens is 1. The Morgan fingerprint density at radius 1 is 1.07 bits per heavy atom. The Kier molecular flexibility index (Phi) is 7.62. The van der Waals surface area contributed by atoms with Crippen LogP contribution in [-0.4, -0.2) is 35.8 Å². The zero-order valence-corrected chi connectivity index (χ0v) is 18.5. The Morgan fingerprint density at radius 2 is 1.69 bits per heavy atom. The quantitative estimate of drug-likeness (QED) is 0.597. The van der Waals surface area contributed by atoms with Crippen LogP contribution in [0.1, 0.15) is 78.3 Å². The highest BCUT2D eigenvalue weighted by Gasteiger charge is 2.27. The smallest absolute Gasteiger partial charge is 0.235 e. The number of carbonyl (C=O) groups is 2. The van der Waals surface area contributed by atoms with E-state index in [9.17, 15) is 9.59 Å². The molecule has 2 rings (SSSR count). The average molecular weight is 402 g/mol. The molecule has 0 bridgehead atoms. The van der Waals surface area contributed by atoms with Gasteiger partial charge in [-0.25, -0.2) is 0 Å². The van der Waals surface area contributed by atoms with Gasteiger partial charge in [-0.15, -0.1) is 0 Å². The summed E-state index contributed by atoms with van der Waals surface area (Å²) in [6, 6.07) is 5.64. The van der Waals surface area contributed by atoms with Gasteiger partial charge in [0.05, 0.1) is 18.9 Å². The van der Waals surface area contributed by atoms with Gasteiger partial charge in [0.15, 0.2) is 17.3 Å². The summed E-state index contributed by atoms with van der Waals surface area (Å²) in [5.41, 5.74) is 3.66. The van der Waals surface area contributed by atoms with Gasteiger partial charge in [0.2, 0.25) is 5.78 Å². The monoisotopic (exact) mass is 401 g/mol. The predicted octanol–water partition coefficient (Wildman–Crippen LogP) is 3.53. The third-order valence-electron chi connectivity index (χ3n) is 5.12. The van der Waals surface area contributed by atoms with Crippen LogP contribution < -0.4 is 14.8 Å². The van der Waals surface area contributed by atoms with Gasteiger partial charge in [-0.05, 0) is 72.2 Å². The molecule has 1 aromatic carbocycles. The van der Waals surface area contributed by atoms with Crippen molar-refractivity contribution in [2.45, 2.75) is 60.5 Å². The predicted molar refractivity (Wildman–Crippen MR) is 113 cm³/mol. The average Bonchev–Trinajstić information content (AvgIpc) is 2.97. The number of rotatable bonds is 10. The summed E-state index contributed by atoms with van der Waals surface area (Å²) >= 11 is 0. The zero-order chi connectivity index (χ0) is 21.7. The Hall–Kier alpha value is -2.60. The van der Waals surface area contributed by atoms with Gasteiger partial charge >= 0.3 is 0 Å². The number of aromatic amines is 1. The number of hydrogen-bond donors (Lipinski definition) is 2. The Labute approximate surface area is 173 Å². The number of carbonyl (C=O) groups excluding carboxylic acids is 2. The maximum absolute atomic E-state index is 13.0. The summed E-state index contributed by atoms with van der Waals surface area (Å²) in [6.45, 7) is 14.1. The fraction of sp³-hybridized carbons (Fsp3) is 0.478. The molecule has 1 heterocycles. The lowest BCUT2D eigenvalue weighted by molar-refractivity contribution is -0.709. The van der Waals surface area contributed by atoms with E-state index in [1.54, 1.807) is 0 Å². The number of ether oxygens (including phenoxy) is 2. The van der Waals surface area contributed by atoms with Gasteiger partial charge in [-0.3, -0.25) is 9.59 Å². The van der Waals surface area contributed by atoms with Gasteiger partial charge in [0.25, 0.3) is 0 Å². The first-order chi connectivity index (χ1) is 13.7. The summed E-state index contributed by atoms with van der Waals surface area (Å²) in [4.78, 5) is 28.0. The number of aryl methyl sites for hydroxylation is 1. The lowest BCUT2D eigenvalue weighted by Gasteiger charge is -2.18. The minimum absolute atomic E-state index is 0.0130. The molecule has 0 amide bonds. The van der Waals surface area contributed by atoms with Crippen LogP contribution in [0.15, 0.2) is 18.2 Å². The van der Waals surface area contributed by atoms with E-state index >= 15 is 0 Å². The second kappa shape index (κ2) is 9.74. The van der Waals surface area contributed by atoms with E-state index < -0.39 is 0 Å². The van der Waals surface area contributed by atoms with Gasteiger partial charge in [-0.1, -0.05) is 0 Å². The lowest BCUT2D eigenvalue weighted by Crippen LogP contribution is -2.91. The fourth-order valence-corrected chi connectivity index (χ4v) is 3.73. The van der Waals surface area contributed by atoms with Crippen molar-refractivity contribution < 1.29 is 24.4 Å². The highest BCUT2D eigenvalue weighted by molar-refractivity contribution is 6.04. The van der Waals surface area contributed by atoms with Gasteiger partial charge in [0.1, 0.15) is 12.1 Å². The molecule has 2 atom stereocenters. The third kappa shape index (κ3) is 5.07. The second-order valence-electron chi connectivity index (χ2n) is 7.39. The molecule has 0 radical (unpaired) electrons. The molecule has 29 heavy (non-hydrogen) atoms. The number of hydrogen-bond acceptors (Lipinski definition) is 4. The van der Waals surface area contributed by atoms with Crippen LogP contribution >= 0.6 is 0 Å². The summed E-state index contributed by atoms with van der Waals surface area (Å²) in [7, 11) is 0. The van der Waals surface area contributed by atoms with Crippen molar-refractivity contribution in [3.05, 3.63) is 46.3 Å². The van der Waals surface area contributed by atoms with Crippen LogP contribution in [0.2, 0.25) is 0 Å². The van der Waals surface area contributed by atoms with Crippen molar-refractivity contribution in [2.75, 3.05) is 13.2 Å². The summed E-state index contributed by atoms with van der Waals surface area (Å²) in [5, 5.41) is 2.02. The number of ketones is 2. The maximum atomic E-state index is 13.0. The molecule has 0 aliphatic carbocycles. The molecule has 6 nitrogen and oxygen atoms in total. The number of quaternary nitrogens is 1. The second-order valence-corrected chi connectivity index (χ2v) is 7.39. The van der Waals surface area contributed by atoms with Crippen molar-refractivity contribution in [3.63, 3.8) is 0 Å². The van der Waals surface area contributed by atoms with Crippen molar-refractivity contribution in [2.24, 2.45) is 0 Å². The molecule has 0 saturated carbocycles. The largest absolute Gasteiger partial charge is 0.490 e. The molecular formula is C23H33N2O4+. The van der Waals surface area contributed by atoms with Crippen LogP contribution in [-0.2, 0) is 0 Å². The van der Waals surface area contributed by atoms with E-state index in [4.69, 9.17) is 9.47 Å². The van der Waals surface area contributed by atoms with Crippen molar-refractivity contribution in [1.29, 1.82) is 0 Å². The molecule has 0 unspecified atom stereocenters. The molecule has 0 spiro atoms. The number of aromatic nitrogens is 1. The maximum Gasteiger partial charge on any atom is 0.235 e. The SMILES string of the molecule is CCOc1ccc([C@@H](C)[NH2+][C@@H](C)C(=O)c2[nH]c(C)c(C(C)=O)c2C)cc1OCC. The van der Waals surface area contributed by atoms with Gasteiger partial charge in [-0.2, -0.15) is 0 Å². The zero-order valence-electron chi connectivity index (χ0n) is 18.5. The normalized spacial score (nSPS) is 13.1. The van der Waals surface area contributed by atoms with Crippen LogP contribution in [0.4, 0.5) is 0 Å². The first-order valence-electron chi connectivity index (χ1n) is 10.2. The molecule has 1 aromatic heterocycles. The molecular weight excluding hydrogens is 368 g/mol. The molecule has 2 aromatic rings. The van der Waals surface area contributed by atoms with Gasteiger partial charge in [0, 0.05) is 16.8 Å². The van der Waals surface area contributed by atoms with Crippen molar-refractivity contribution in [3.8, 4) is 11.5 Å². The van der Waals surface area contributed by atoms with E-state index in [0.29, 0.717) is 30.2 Å². The van der Waals surface area contributed by atoms with Crippen LogP contribution in [0.3, 0.4) is 0 Å². The number of nitrogens with one attached hydrogen (secondary N) is 1. The topological polar surface area (TPSA) is 85.0 Å². The van der Waals surface area contributed by atoms with E-state index in [0.717, 1.165) is 22.6 Å². The minimum Gasteiger partial charge on any atom is -0.490 e. The molecule has 6 heteroatoms. The highest BCUT2D eigenvalue weighted by Crippen LogP contribution is 2.30. The summed E-state index contributed by atoms with van der Waals surface area (Å²) in [5.74, 6) is 1.40. The standard InChI is InChI=1S/C23H32N2O4/c1-8-28-19-11-10-18(12-20(19)29-9-2)14(4)24-16(6)23(27)22-13(3)21(17(7)26)15(5)25-22/h10-12,14,16,24-25H,8-9H2,1-7H3/p+1/t14-,16+/m1/s1. The Balaban J connectivity index is 2.19. The van der Waals surface area contributed by atoms with Crippen LogP contribution in [0.25, 0.3) is 0 Å². The van der Waals surface area contributed by atoms with E-state index in [-0.39, 0.29) is 23.7 Å². The molecule has 0 aliphatic heterocycles. The summed E-state index contributed by atoms with van der Waals surface area (Å²) < 4.78 is 11.3. The minimum atomic E-state index is -0.302. The molecule has 0 fully saturated rings. The molecule has 0 aliphatic rings. The van der Waals surface area contributed by atoms with Gasteiger partial charge < -0.3 is 19.8 Å². The highest BCUT2D eigenvalue weighted by atomic mass is 16.5. The van der Waals surface area contributed by atoms with Crippen molar-refractivity contribution in [1.82, 2.24) is 4.98 Å². The van der Waals surface area contributed by atoms with Crippen LogP contribution in [0, 0.1) is 13.8 Å². The van der Waals surface area contributed by atoms with E-state index in [1.165, 1.54) is 6.92 Å². The first kappa shape index (κ1) is 22.7. The van der Waals surface area contributed by atoms with E-state index in [2.05, 4.69) is 11.9 Å². The first-order valence-corrected chi connectivity index (χ1v) is 10.2. The fourth-order valence-electron chi connectivity index (χ4n) is 3.73. The number of nitrogens with two attached hydrogens (primary N) is 1. The van der Waals surface area contributed by atoms with Crippen LogP contribution in [0.5, 0.6) is 11.5 Å². The van der Waals surface area contributed by atoms with E-state index in [1.807, 2.05) is 58.1 Å².